The zero-order valence-electron chi connectivity index (χ0n) is 15.8. The molecule has 1 aliphatic carbocycles. The third-order valence-electron chi connectivity index (χ3n) is 6.22. The Morgan fingerprint density at radius 3 is 2.64 bits per heavy atom. The van der Waals surface area contributed by atoms with E-state index in [9.17, 15) is 9.18 Å². The van der Waals surface area contributed by atoms with E-state index in [0.717, 1.165) is 17.7 Å². The molecule has 0 saturated heterocycles. The monoisotopic (exact) mass is 371 g/mol. The lowest BCUT2D eigenvalue weighted by atomic mass is 9.74. The van der Waals surface area contributed by atoms with Gasteiger partial charge in [-0.15, -0.1) is 0 Å². The fourth-order valence-corrected chi connectivity index (χ4v) is 5.01. The maximum Gasteiger partial charge on any atom is 0.227 e. The smallest absolute Gasteiger partial charge is 0.227 e. The number of halogens is 1. The summed E-state index contributed by atoms with van der Waals surface area (Å²) in [6.07, 6.45) is 5.88. The molecule has 0 bridgehead atoms. The number of nitrogens with zero attached hydrogens (tertiary/aromatic N) is 1. The summed E-state index contributed by atoms with van der Waals surface area (Å²) in [5.41, 5.74) is 3.24. The Labute approximate surface area is 164 Å². The second-order valence-corrected chi connectivity index (χ2v) is 7.69. The summed E-state index contributed by atoms with van der Waals surface area (Å²) >= 11 is 0. The molecule has 0 aromatic heterocycles. The number of amides is 1. The molecule has 28 heavy (non-hydrogen) atoms. The Morgan fingerprint density at radius 2 is 1.86 bits per heavy atom. The lowest BCUT2D eigenvalue weighted by Crippen LogP contribution is -2.43. The van der Waals surface area contributed by atoms with E-state index in [2.05, 4.69) is 48.6 Å². The molecule has 2 nitrogen and oxygen atoms in total. The van der Waals surface area contributed by atoms with Crippen LogP contribution in [0.15, 0.2) is 72.8 Å². The normalized spacial score (nSPS) is 22.9. The van der Waals surface area contributed by atoms with Crippen molar-refractivity contribution in [2.24, 2.45) is 5.92 Å². The van der Waals surface area contributed by atoms with Crippen LogP contribution in [-0.4, -0.2) is 5.91 Å². The van der Waals surface area contributed by atoms with E-state index >= 15 is 0 Å². The Morgan fingerprint density at radius 1 is 1.07 bits per heavy atom. The Kier molecular flexibility index (Phi) is 4.04. The highest BCUT2D eigenvalue weighted by Crippen LogP contribution is 2.54. The average molecular weight is 371 g/mol. The largest absolute Gasteiger partial charge is 0.304 e. The van der Waals surface area contributed by atoms with Gasteiger partial charge in [0.05, 0.1) is 6.04 Å². The fraction of sp³-hybridized carbons (Fsp3) is 0.240. The van der Waals surface area contributed by atoms with Crippen molar-refractivity contribution in [2.75, 3.05) is 4.90 Å². The van der Waals surface area contributed by atoms with Crippen LogP contribution in [0.5, 0.6) is 0 Å². The van der Waals surface area contributed by atoms with E-state index < -0.39 is 0 Å². The van der Waals surface area contributed by atoms with Gasteiger partial charge in [0.25, 0.3) is 0 Å². The van der Waals surface area contributed by atoms with E-state index in [4.69, 9.17) is 0 Å². The molecule has 0 spiro atoms. The van der Waals surface area contributed by atoms with Gasteiger partial charge in [0.1, 0.15) is 5.82 Å². The molecule has 0 fully saturated rings. The SMILES string of the molecule is CCC(=O)N1c2ccc3ccccc3c2[C@@H]2C=CC[C@@H]2[C@H]1c1ccc(F)cc1. The van der Waals surface area contributed by atoms with Gasteiger partial charge in [-0.25, -0.2) is 4.39 Å². The summed E-state index contributed by atoms with van der Waals surface area (Å²) in [6, 6.07) is 19.2. The summed E-state index contributed by atoms with van der Waals surface area (Å²) in [4.78, 5) is 15.1. The van der Waals surface area contributed by atoms with Crippen molar-refractivity contribution < 1.29 is 9.18 Å². The Hall–Kier alpha value is -2.94. The second-order valence-electron chi connectivity index (χ2n) is 7.69. The highest BCUT2D eigenvalue weighted by Gasteiger charge is 2.44. The number of carbonyl (C=O) groups is 1. The number of anilines is 1. The van der Waals surface area contributed by atoms with Gasteiger partial charge in [0.15, 0.2) is 0 Å². The van der Waals surface area contributed by atoms with Gasteiger partial charge in [-0.05, 0) is 52.4 Å². The molecule has 3 aromatic rings. The third-order valence-corrected chi connectivity index (χ3v) is 6.22. The molecule has 0 saturated carbocycles. The van der Waals surface area contributed by atoms with Crippen LogP contribution in [0.2, 0.25) is 0 Å². The zero-order valence-corrected chi connectivity index (χ0v) is 15.8. The van der Waals surface area contributed by atoms with Crippen molar-refractivity contribution in [3.63, 3.8) is 0 Å². The van der Waals surface area contributed by atoms with Crippen LogP contribution in [0.4, 0.5) is 10.1 Å². The molecule has 2 aliphatic rings. The van der Waals surface area contributed by atoms with Crippen LogP contribution in [-0.2, 0) is 4.79 Å². The van der Waals surface area contributed by atoms with Crippen molar-refractivity contribution in [1.29, 1.82) is 0 Å². The van der Waals surface area contributed by atoms with Crippen molar-refractivity contribution in [1.82, 2.24) is 0 Å². The van der Waals surface area contributed by atoms with Crippen molar-refractivity contribution >= 4 is 22.4 Å². The lowest BCUT2D eigenvalue weighted by molar-refractivity contribution is -0.119. The van der Waals surface area contributed by atoms with E-state index in [-0.39, 0.29) is 29.6 Å². The predicted octanol–water partition coefficient (Wildman–Crippen LogP) is 6.14. The van der Waals surface area contributed by atoms with E-state index in [1.54, 1.807) is 0 Å². The molecule has 5 rings (SSSR count). The maximum absolute atomic E-state index is 13.6. The molecule has 3 heteroatoms. The van der Waals surface area contributed by atoms with Gasteiger partial charge in [-0.2, -0.15) is 0 Å². The quantitative estimate of drug-likeness (QED) is 0.496. The first-order valence-electron chi connectivity index (χ1n) is 9.95. The highest BCUT2D eigenvalue weighted by atomic mass is 19.1. The van der Waals surface area contributed by atoms with E-state index in [1.807, 2.05) is 24.0 Å². The van der Waals surface area contributed by atoms with Gasteiger partial charge in [-0.3, -0.25) is 4.79 Å². The van der Waals surface area contributed by atoms with Crippen molar-refractivity contribution in [2.45, 2.75) is 31.7 Å². The summed E-state index contributed by atoms with van der Waals surface area (Å²) < 4.78 is 13.6. The zero-order chi connectivity index (χ0) is 19.3. The Bertz CT molecular complexity index is 1090. The van der Waals surface area contributed by atoms with Gasteiger partial charge >= 0.3 is 0 Å². The summed E-state index contributed by atoms with van der Waals surface area (Å²) in [5, 5.41) is 2.41. The molecule has 3 atom stereocenters. The van der Waals surface area contributed by atoms with Crippen LogP contribution in [0, 0.1) is 11.7 Å². The van der Waals surface area contributed by atoms with Crippen molar-refractivity contribution in [3.8, 4) is 0 Å². The number of carbonyl (C=O) groups excluding carboxylic acids is 1. The minimum atomic E-state index is -0.250. The molecule has 3 aromatic carbocycles. The highest BCUT2D eigenvalue weighted by molar-refractivity contribution is 6.01. The average Bonchev–Trinajstić information content (AvgIpc) is 3.22. The number of fused-ring (bicyclic) bond motifs is 5. The van der Waals surface area contributed by atoms with Crippen LogP contribution in [0.25, 0.3) is 10.8 Å². The minimum Gasteiger partial charge on any atom is -0.304 e. The molecule has 0 unspecified atom stereocenters. The maximum atomic E-state index is 13.6. The number of benzene rings is 3. The third kappa shape index (κ3) is 2.50. The van der Waals surface area contributed by atoms with E-state index in [1.165, 1.54) is 28.5 Å². The molecule has 1 aliphatic heterocycles. The molecule has 140 valence electrons. The van der Waals surface area contributed by atoms with Gasteiger partial charge in [0, 0.05) is 18.0 Å². The van der Waals surface area contributed by atoms with Gasteiger partial charge < -0.3 is 4.90 Å². The molecule has 1 amide bonds. The summed E-state index contributed by atoms with van der Waals surface area (Å²) in [7, 11) is 0. The van der Waals surface area contributed by atoms with E-state index in [0.29, 0.717) is 6.42 Å². The first-order chi connectivity index (χ1) is 13.7. The molecule has 0 radical (unpaired) electrons. The standard InChI is InChI=1S/C25H22FNO/c1-2-23(28)27-22-15-12-16-6-3-4-7-19(16)24(22)20-8-5-9-21(20)25(27)17-10-13-18(26)14-11-17/h3-8,10-15,20-21,25H,2,9H2,1H3/t20-,21+,25-/m1/s1. The number of hydrogen-bond acceptors (Lipinski definition) is 1. The van der Waals surface area contributed by atoms with Crippen LogP contribution in [0.3, 0.4) is 0 Å². The van der Waals surface area contributed by atoms with Gasteiger partial charge in [0.2, 0.25) is 5.91 Å². The van der Waals surface area contributed by atoms with Crippen LogP contribution >= 0.6 is 0 Å². The molecule has 0 N–H and O–H groups in total. The first kappa shape index (κ1) is 17.2. The molecule has 1 heterocycles. The fourth-order valence-electron chi connectivity index (χ4n) is 5.01. The number of rotatable bonds is 2. The number of allylic oxidation sites excluding steroid dienone is 2. The second kappa shape index (κ2) is 6.59. The van der Waals surface area contributed by atoms with Crippen LogP contribution < -0.4 is 4.90 Å². The van der Waals surface area contributed by atoms with Gasteiger partial charge in [-0.1, -0.05) is 61.5 Å². The molecular formula is C25H22FNO. The molecular weight excluding hydrogens is 349 g/mol. The number of hydrogen-bond donors (Lipinski definition) is 0. The van der Waals surface area contributed by atoms with Crippen LogP contribution in [0.1, 0.15) is 42.9 Å². The minimum absolute atomic E-state index is 0.0817. The Balaban J connectivity index is 1.78. The first-order valence-corrected chi connectivity index (χ1v) is 9.95. The topological polar surface area (TPSA) is 20.3 Å². The predicted molar refractivity (Wildman–Crippen MR) is 111 cm³/mol. The van der Waals surface area contributed by atoms with Crippen molar-refractivity contribution in [3.05, 3.63) is 89.8 Å². The lowest BCUT2D eigenvalue weighted by Gasteiger charge is -2.45. The summed E-state index contributed by atoms with van der Waals surface area (Å²) in [6.45, 7) is 1.91. The summed E-state index contributed by atoms with van der Waals surface area (Å²) in [5.74, 6) is 0.382.